The fraction of sp³-hybridized carbons (Fsp3) is 0.667. The lowest BCUT2D eigenvalue weighted by molar-refractivity contribution is -0.131. The van der Waals surface area contributed by atoms with Gasteiger partial charge in [0.1, 0.15) is 0 Å². The van der Waals surface area contributed by atoms with Crippen LogP contribution in [-0.2, 0) is 9.53 Å². The number of hydrogen-bond donors (Lipinski definition) is 2. The zero-order chi connectivity index (χ0) is 22.7. The van der Waals surface area contributed by atoms with E-state index in [2.05, 4.69) is 48.7 Å². The van der Waals surface area contributed by atoms with Gasteiger partial charge < -0.3 is 25.2 Å². The Hall–Kier alpha value is -2.12. The molecule has 1 aliphatic heterocycles. The molecule has 7 heteroatoms. The van der Waals surface area contributed by atoms with Gasteiger partial charge >= 0.3 is 0 Å². The van der Waals surface area contributed by atoms with Crippen molar-refractivity contribution >= 4 is 11.9 Å². The molecule has 1 aromatic carbocycles. The standard InChI is InChI=1S/C24H41N5O2/c1-6-25-23(28(5)18-22(30)29(7-2)8-3)26-19-24(14-16-31-17-15-24)27-20(4)21-12-10-9-11-13-21/h9-13,20,27H,6-8,14-19H2,1-5H3,(H,25,26). The summed E-state index contributed by atoms with van der Waals surface area (Å²) in [6, 6.07) is 10.7. The number of rotatable bonds is 10. The number of carbonyl (C=O) groups is 1. The number of nitrogens with zero attached hydrogens (tertiary/aromatic N) is 3. The first-order chi connectivity index (χ1) is 14.9. The van der Waals surface area contributed by atoms with Gasteiger partial charge in [0.25, 0.3) is 0 Å². The predicted molar refractivity (Wildman–Crippen MR) is 127 cm³/mol. The van der Waals surface area contributed by atoms with E-state index in [0.717, 1.165) is 51.6 Å². The first-order valence-corrected chi connectivity index (χ1v) is 11.6. The van der Waals surface area contributed by atoms with E-state index in [9.17, 15) is 4.79 Å². The van der Waals surface area contributed by atoms with Crippen LogP contribution in [0.15, 0.2) is 35.3 Å². The van der Waals surface area contributed by atoms with Gasteiger partial charge in [-0.25, -0.2) is 0 Å². The van der Waals surface area contributed by atoms with Gasteiger partial charge in [-0.1, -0.05) is 30.3 Å². The Labute approximate surface area is 188 Å². The number of guanidine groups is 1. The molecular weight excluding hydrogens is 390 g/mol. The molecule has 0 saturated carbocycles. The Morgan fingerprint density at radius 1 is 1.16 bits per heavy atom. The third kappa shape index (κ3) is 7.51. The van der Waals surface area contributed by atoms with E-state index < -0.39 is 0 Å². The number of ether oxygens (including phenoxy) is 1. The van der Waals surface area contributed by atoms with Crippen LogP contribution >= 0.6 is 0 Å². The van der Waals surface area contributed by atoms with E-state index in [1.165, 1.54) is 5.56 Å². The molecule has 0 aliphatic carbocycles. The average Bonchev–Trinajstić information content (AvgIpc) is 2.78. The van der Waals surface area contributed by atoms with Crippen molar-refractivity contribution in [1.29, 1.82) is 0 Å². The topological polar surface area (TPSA) is 69.2 Å². The highest BCUT2D eigenvalue weighted by Gasteiger charge is 2.34. The summed E-state index contributed by atoms with van der Waals surface area (Å²) in [6.45, 7) is 12.9. The van der Waals surface area contributed by atoms with Crippen LogP contribution in [0.2, 0.25) is 0 Å². The minimum Gasteiger partial charge on any atom is -0.381 e. The van der Waals surface area contributed by atoms with Crippen molar-refractivity contribution in [2.24, 2.45) is 4.99 Å². The second-order valence-electron chi connectivity index (χ2n) is 8.26. The lowest BCUT2D eigenvalue weighted by Gasteiger charge is -2.40. The first-order valence-electron chi connectivity index (χ1n) is 11.6. The van der Waals surface area contributed by atoms with E-state index >= 15 is 0 Å². The molecule has 1 saturated heterocycles. The van der Waals surface area contributed by atoms with Crippen LogP contribution in [0.25, 0.3) is 0 Å². The monoisotopic (exact) mass is 431 g/mol. The third-order valence-corrected chi connectivity index (χ3v) is 5.99. The highest BCUT2D eigenvalue weighted by molar-refractivity contribution is 5.86. The van der Waals surface area contributed by atoms with E-state index in [4.69, 9.17) is 9.73 Å². The van der Waals surface area contributed by atoms with Gasteiger partial charge in [0.05, 0.1) is 13.1 Å². The minimum absolute atomic E-state index is 0.120. The molecule has 2 rings (SSSR count). The van der Waals surface area contributed by atoms with Crippen LogP contribution in [0, 0.1) is 0 Å². The van der Waals surface area contributed by atoms with Gasteiger partial charge in [-0.15, -0.1) is 0 Å². The normalized spacial score (nSPS) is 17.1. The molecule has 31 heavy (non-hydrogen) atoms. The first kappa shape index (κ1) is 25.1. The fourth-order valence-electron chi connectivity index (χ4n) is 4.04. The fourth-order valence-corrected chi connectivity index (χ4v) is 4.04. The molecule has 0 radical (unpaired) electrons. The van der Waals surface area contributed by atoms with Crippen LogP contribution < -0.4 is 10.6 Å². The maximum atomic E-state index is 12.6. The second-order valence-corrected chi connectivity index (χ2v) is 8.26. The Morgan fingerprint density at radius 3 is 2.39 bits per heavy atom. The van der Waals surface area contributed by atoms with Crippen LogP contribution in [0.1, 0.15) is 52.1 Å². The molecule has 0 bridgehead atoms. The van der Waals surface area contributed by atoms with Gasteiger partial charge in [-0.2, -0.15) is 0 Å². The van der Waals surface area contributed by atoms with E-state index in [0.29, 0.717) is 13.1 Å². The van der Waals surface area contributed by atoms with Crippen molar-refractivity contribution < 1.29 is 9.53 Å². The van der Waals surface area contributed by atoms with Gasteiger partial charge in [0.15, 0.2) is 5.96 Å². The van der Waals surface area contributed by atoms with Gasteiger partial charge in [-0.05, 0) is 46.1 Å². The van der Waals surface area contributed by atoms with Crippen LogP contribution in [0.4, 0.5) is 0 Å². The zero-order valence-electron chi connectivity index (χ0n) is 20.0. The number of hydrogen-bond acceptors (Lipinski definition) is 4. The van der Waals surface area contributed by atoms with Gasteiger partial charge in [0.2, 0.25) is 5.91 Å². The summed E-state index contributed by atoms with van der Waals surface area (Å²) in [4.78, 5) is 21.3. The SMILES string of the molecule is CCNC(=NCC1(NC(C)c2ccccc2)CCOCC1)N(C)CC(=O)N(CC)CC. The zero-order valence-corrected chi connectivity index (χ0v) is 20.0. The number of amides is 1. The molecule has 7 nitrogen and oxygen atoms in total. The third-order valence-electron chi connectivity index (χ3n) is 5.99. The largest absolute Gasteiger partial charge is 0.381 e. The summed E-state index contributed by atoms with van der Waals surface area (Å²) < 4.78 is 5.65. The molecule has 1 aliphatic rings. The number of nitrogens with one attached hydrogen (secondary N) is 2. The van der Waals surface area contributed by atoms with Crippen LogP contribution in [0.5, 0.6) is 0 Å². The Bertz CT molecular complexity index is 684. The molecular formula is C24H41N5O2. The van der Waals surface area contributed by atoms with Gasteiger partial charge in [0, 0.05) is 51.5 Å². The molecule has 1 atom stereocenters. The summed E-state index contributed by atoms with van der Waals surface area (Å²) in [5.41, 5.74) is 1.14. The number of aliphatic imine (C=N–C) groups is 1. The summed E-state index contributed by atoms with van der Waals surface area (Å²) in [6.07, 6.45) is 1.82. The van der Waals surface area contributed by atoms with Crippen molar-refractivity contribution in [3.8, 4) is 0 Å². The van der Waals surface area contributed by atoms with Crippen molar-refractivity contribution in [3.05, 3.63) is 35.9 Å². The Morgan fingerprint density at radius 2 is 1.81 bits per heavy atom. The lowest BCUT2D eigenvalue weighted by atomic mass is 9.88. The number of likely N-dealkylation sites (N-methyl/N-ethyl adjacent to an activating group) is 2. The molecule has 1 amide bonds. The van der Waals surface area contributed by atoms with E-state index in [-0.39, 0.29) is 17.5 Å². The molecule has 1 unspecified atom stereocenters. The van der Waals surface area contributed by atoms with E-state index in [1.54, 1.807) is 0 Å². The highest BCUT2D eigenvalue weighted by atomic mass is 16.5. The van der Waals surface area contributed by atoms with Crippen molar-refractivity contribution in [2.45, 2.75) is 52.1 Å². The van der Waals surface area contributed by atoms with Crippen molar-refractivity contribution in [1.82, 2.24) is 20.4 Å². The smallest absolute Gasteiger partial charge is 0.242 e. The van der Waals surface area contributed by atoms with Crippen molar-refractivity contribution in [2.75, 3.05) is 53.0 Å². The highest BCUT2D eigenvalue weighted by Crippen LogP contribution is 2.26. The molecule has 2 N–H and O–H groups in total. The van der Waals surface area contributed by atoms with Crippen molar-refractivity contribution in [3.63, 3.8) is 0 Å². The summed E-state index contributed by atoms with van der Waals surface area (Å²) >= 11 is 0. The lowest BCUT2D eigenvalue weighted by Crippen LogP contribution is -2.53. The van der Waals surface area contributed by atoms with E-state index in [1.807, 2.05) is 36.8 Å². The average molecular weight is 432 g/mol. The molecule has 1 fully saturated rings. The Balaban J connectivity index is 2.13. The summed E-state index contributed by atoms with van der Waals surface area (Å²) in [5, 5.41) is 7.20. The van der Waals surface area contributed by atoms with Gasteiger partial charge in [-0.3, -0.25) is 9.79 Å². The maximum Gasteiger partial charge on any atom is 0.242 e. The number of carbonyl (C=O) groups excluding carboxylic acids is 1. The molecule has 1 heterocycles. The number of benzene rings is 1. The van der Waals surface area contributed by atoms with Crippen LogP contribution in [0.3, 0.4) is 0 Å². The Kier molecular flexibility index (Phi) is 10.3. The van der Waals surface area contributed by atoms with Crippen LogP contribution in [-0.4, -0.2) is 80.2 Å². The second kappa shape index (κ2) is 12.7. The molecule has 1 aromatic rings. The molecule has 0 spiro atoms. The predicted octanol–water partition coefficient (Wildman–Crippen LogP) is 2.65. The summed E-state index contributed by atoms with van der Waals surface area (Å²) in [7, 11) is 1.93. The quantitative estimate of drug-likeness (QED) is 0.440. The molecule has 174 valence electrons. The summed E-state index contributed by atoms with van der Waals surface area (Å²) in [5.74, 6) is 0.887. The molecule has 0 aromatic heterocycles. The minimum atomic E-state index is -0.127. The maximum absolute atomic E-state index is 12.6.